The molecule has 4 rings (SSSR count). The van der Waals surface area contributed by atoms with Gasteiger partial charge in [0.25, 0.3) is 5.91 Å². The number of ether oxygens (including phenoxy) is 3. The molecular formula is C30H27ClN2O4. The Hall–Kier alpha value is -4.29. The first-order valence-corrected chi connectivity index (χ1v) is 12.2. The highest BCUT2D eigenvalue weighted by Crippen LogP contribution is 2.20. The Balaban J connectivity index is 1.22. The molecule has 0 aliphatic carbocycles. The van der Waals surface area contributed by atoms with E-state index in [1.807, 2.05) is 91.0 Å². The normalized spacial score (nSPS) is 11.6. The Bertz CT molecular complexity index is 1310. The number of nitrogens with zero attached hydrogens (tertiary/aromatic N) is 1. The number of hydrogen-bond donors (Lipinski definition) is 1. The van der Waals surface area contributed by atoms with Gasteiger partial charge < -0.3 is 14.2 Å². The molecule has 0 unspecified atom stereocenters. The van der Waals surface area contributed by atoms with Gasteiger partial charge in [-0.3, -0.25) is 4.79 Å². The molecule has 0 aromatic heterocycles. The van der Waals surface area contributed by atoms with Crippen LogP contribution in [0.4, 0.5) is 0 Å². The van der Waals surface area contributed by atoms with E-state index < -0.39 is 6.10 Å². The number of carbonyl (C=O) groups is 1. The van der Waals surface area contributed by atoms with Gasteiger partial charge in [-0.2, -0.15) is 5.10 Å². The zero-order chi connectivity index (χ0) is 25.9. The van der Waals surface area contributed by atoms with Crippen molar-refractivity contribution in [1.82, 2.24) is 5.43 Å². The average molecular weight is 515 g/mol. The molecule has 0 saturated carbocycles. The third-order valence-corrected chi connectivity index (χ3v) is 5.57. The SMILES string of the molecule is C[C@@H](Oc1ccc(OCc2ccccc2)cc1)C(=O)N/N=C\c1cccc(OCc2ccc(Cl)cc2)c1. The molecule has 0 radical (unpaired) electrons. The molecule has 1 N–H and O–H groups in total. The fourth-order valence-corrected chi connectivity index (χ4v) is 3.43. The van der Waals surface area contributed by atoms with Crippen LogP contribution >= 0.6 is 11.6 Å². The van der Waals surface area contributed by atoms with E-state index in [9.17, 15) is 4.79 Å². The zero-order valence-electron chi connectivity index (χ0n) is 20.3. The molecule has 7 heteroatoms. The lowest BCUT2D eigenvalue weighted by Crippen LogP contribution is -2.33. The van der Waals surface area contributed by atoms with E-state index in [2.05, 4.69) is 10.5 Å². The second-order valence-electron chi connectivity index (χ2n) is 8.23. The summed E-state index contributed by atoms with van der Waals surface area (Å²) in [4.78, 5) is 12.4. The van der Waals surface area contributed by atoms with Crippen LogP contribution in [0.3, 0.4) is 0 Å². The van der Waals surface area contributed by atoms with Crippen molar-refractivity contribution in [2.45, 2.75) is 26.2 Å². The van der Waals surface area contributed by atoms with Gasteiger partial charge >= 0.3 is 0 Å². The summed E-state index contributed by atoms with van der Waals surface area (Å²) in [6.07, 6.45) is 0.820. The van der Waals surface area contributed by atoms with Crippen molar-refractivity contribution in [3.8, 4) is 17.2 Å². The van der Waals surface area contributed by atoms with E-state index in [0.717, 1.165) is 22.4 Å². The Labute approximate surface area is 221 Å². The van der Waals surface area contributed by atoms with Crippen LogP contribution < -0.4 is 19.6 Å². The Morgan fingerprint density at radius 2 is 1.46 bits per heavy atom. The second kappa shape index (κ2) is 13.1. The minimum absolute atomic E-state index is 0.365. The third kappa shape index (κ3) is 8.40. The van der Waals surface area contributed by atoms with Gasteiger partial charge in [-0.1, -0.05) is 66.2 Å². The molecule has 4 aromatic rings. The summed E-state index contributed by atoms with van der Waals surface area (Å²) in [7, 11) is 0. The lowest BCUT2D eigenvalue weighted by Gasteiger charge is -2.13. The maximum atomic E-state index is 12.4. The van der Waals surface area contributed by atoms with Crippen molar-refractivity contribution in [1.29, 1.82) is 0 Å². The van der Waals surface area contributed by atoms with Gasteiger partial charge in [-0.05, 0) is 72.1 Å². The maximum absolute atomic E-state index is 12.4. The standard InChI is InChI=1S/C30H27ClN2O4/c1-22(37-28-16-14-27(15-17-28)35-20-23-6-3-2-4-7-23)30(34)33-32-19-25-8-5-9-29(18-25)36-21-24-10-12-26(31)13-11-24/h2-19,22H,20-21H2,1H3,(H,33,34)/b32-19-/t22-/m1/s1. The molecule has 1 amide bonds. The van der Waals surface area contributed by atoms with E-state index in [1.54, 1.807) is 25.3 Å². The highest BCUT2D eigenvalue weighted by atomic mass is 35.5. The number of rotatable bonds is 11. The van der Waals surface area contributed by atoms with Crippen molar-refractivity contribution >= 4 is 23.7 Å². The fraction of sp³-hybridized carbons (Fsp3) is 0.133. The summed E-state index contributed by atoms with van der Waals surface area (Å²) in [5.41, 5.74) is 5.40. The Kier molecular flexibility index (Phi) is 9.16. The minimum Gasteiger partial charge on any atom is -0.489 e. The molecule has 0 saturated heterocycles. The van der Waals surface area contributed by atoms with Crippen molar-refractivity contribution in [2.24, 2.45) is 5.10 Å². The van der Waals surface area contributed by atoms with Crippen LogP contribution in [0.25, 0.3) is 0 Å². The zero-order valence-corrected chi connectivity index (χ0v) is 21.1. The van der Waals surface area contributed by atoms with E-state index >= 15 is 0 Å². The fourth-order valence-electron chi connectivity index (χ4n) is 3.31. The molecule has 6 nitrogen and oxygen atoms in total. The first-order chi connectivity index (χ1) is 18.0. The molecule has 37 heavy (non-hydrogen) atoms. The predicted molar refractivity (Wildman–Crippen MR) is 145 cm³/mol. The van der Waals surface area contributed by atoms with Crippen LogP contribution in [-0.4, -0.2) is 18.2 Å². The van der Waals surface area contributed by atoms with Crippen molar-refractivity contribution in [2.75, 3.05) is 0 Å². The van der Waals surface area contributed by atoms with Gasteiger partial charge in [-0.15, -0.1) is 0 Å². The number of carbonyl (C=O) groups excluding carboxylic acids is 1. The van der Waals surface area contributed by atoms with E-state index in [4.69, 9.17) is 25.8 Å². The van der Waals surface area contributed by atoms with Gasteiger partial charge in [0.2, 0.25) is 0 Å². The Morgan fingerprint density at radius 3 is 2.19 bits per heavy atom. The van der Waals surface area contributed by atoms with Crippen LogP contribution in [0, 0.1) is 0 Å². The third-order valence-electron chi connectivity index (χ3n) is 5.32. The molecule has 1 atom stereocenters. The Morgan fingerprint density at radius 1 is 0.811 bits per heavy atom. The van der Waals surface area contributed by atoms with Crippen molar-refractivity contribution < 1.29 is 19.0 Å². The highest BCUT2D eigenvalue weighted by Gasteiger charge is 2.14. The first-order valence-electron chi connectivity index (χ1n) is 11.8. The largest absolute Gasteiger partial charge is 0.489 e. The summed E-state index contributed by atoms with van der Waals surface area (Å²) < 4.78 is 17.3. The molecule has 188 valence electrons. The monoisotopic (exact) mass is 514 g/mol. The highest BCUT2D eigenvalue weighted by molar-refractivity contribution is 6.30. The van der Waals surface area contributed by atoms with Crippen LogP contribution in [0.2, 0.25) is 5.02 Å². The van der Waals surface area contributed by atoms with Gasteiger partial charge in [-0.25, -0.2) is 5.43 Å². The number of hydrazone groups is 1. The number of amides is 1. The molecule has 4 aromatic carbocycles. The molecule has 0 bridgehead atoms. The smallest absolute Gasteiger partial charge is 0.280 e. The lowest BCUT2D eigenvalue weighted by atomic mass is 10.2. The molecular weight excluding hydrogens is 488 g/mol. The van der Waals surface area contributed by atoms with E-state index in [1.165, 1.54) is 0 Å². The van der Waals surface area contributed by atoms with Gasteiger partial charge in [0, 0.05) is 5.02 Å². The number of halogens is 1. The summed E-state index contributed by atoms with van der Waals surface area (Å²) in [5, 5.41) is 4.73. The van der Waals surface area contributed by atoms with Crippen molar-refractivity contribution in [3.63, 3.8) is 0 Å². The molecule has 0 aliphatic rings. The predicted octanol–water partition coefficient (Wildman–Crippen LogP) is 6.42. The van der Waals surface area contributed by atoms with Gasteiger partial charge in [0.15, 0.2) is 6.10 Å². The summed E-state index contributed by atoms with van der Waals surface area (Å²) >= 11 is 5.92. The van der Waals surface area contributed by atoms with Crippen LogP contribution in [0.15, 0.2) is 108 Å². The summed E-state index contributed by atoms with van der Waals surface area (Å²) in [6, 6.07) is 32.0. The van der Waals surface area contributed by atoms with Gasteiger partial charge in [0.05, 0.1) is 6.21 Å². The minimum atomic E-state index is -0.734. The van der Waals surface area contributed by atoms with Crippen LogP contribution in [0.1, 0.15) is 23.6 Å². The van der Waals surface area contributed by atoms with Gasteiger partial charge in [0.1, 0.15) is 30.5 Å². The van der Waals surface area contributed by atoms with E-state index in [0.29, 0.717) is 29.7 Å². The lowest BCUT2D eigenvalue weighted by molar-refractivity contribution is -0.127. The quantitative estimate of drug-likeness (QED) is 0.185. The van der Waals surface area contributed by atoms with Crippen molar-refractivity contribution in [3.05, 3.63) is 125 Å². The van der Waals surface area contributed by atoms with Crippen LogP contribution in [-0.2, 0) is 18.0 Å². The number of hydrogen-bond acceptors (Lipinski definition) is 5. The molecule has 0 spiro atoms. The summed E-state index contributed by atoms with van der Waals surface area (Å²) in [5.74, 6) is 1.61. The number of benzene rings is 4. The molecule has 0 heterocycles. The number of nitrogens with one attached hydrogen (secondary N) is 1. The summed E-state index contributed by atoms with van der Waals surface area (Å²) in [6.45, 7) is 2.56. The maximum Gasteiger partial charge on any atom is 0.280 e. The molecule has 0 aliphatic heterocycles. The second-order valence-corrected chi connectivity index (χ2v) is 8.66. The van der Waals surface area contributed by atoms with Crippen LogP contribution in [0.5, 0.6) is 17.2 Å². The average Bonchev–Trinajstić information content (AvgIpc) is 2.93. The topological polar surface area (TPSA) is 69.2 Å². The first kappa shape index (κ1) is 25.8. The van der Waals surface area contributed by atoms with E-state index in [-0.39, 0.29) is 5.91 Å². The molecule has 0 fully saturated rings.